The van der Waals surface area contributed by atoms with Crippen molar-refractivity contribution in [1.82, 2.24) is 9.97 Å². The summed E-state index contributed by atoms with van der Waals surface area (Å²) >= 11 is 0. The normalized spacial score (nSPS) is 12.3. The molecule has 0 aliphatic carbocycles. The summed E-state index contributed by atoms with van der Waals surface area (Å²) in [6.45, 7) is 0. The van der Waals surface area contributed by atoms with E-state index in [0.29, 0.717) is 6.07 Å². The molecule has 0 aliphatic rings. The molecule has 0 radical (unpaired) electrons. The zero-order valence-electron chi connectivity index (χ0n) is 15.9. The Morgan fingerprint density at radius 1 is 1.03 bits per heavy atom. The fourth-order valence-corrected chi connectivity index (χ4v) is 2.94. The number of benzene rings is 1. The third-order valence-electron chi connectivity index (χ3n) is 4.39. The Labute approximate surface area is 177 Å². The Kier molecular flexibility index (Phi) is 6.47. The standard InChI is InChI=1S/C21H13F5N2O4/c22-14-2-1-7-27-19(14)13(9-17(29)16-5-3-12(10-28-16)20(30)31)11-4-6-18(15(23)8-11)32-21(24,25)26/h1-8,10,13H,9H2,(H,30,31)/t13-/m0/s1. The predicted molar refractivity (Wildman–Crippen MR) is 99.3 cm³/mol. The van der Waals surface area contributed by atoms with Gasteiger partial charge in [-0.25, -0.2) is 13.6 Å². The first kappa shape index (κ1) is 22.8. The fourth-order valence-electron chi connectivity index (χ4n) is 2.94. The predicted octanol–water partition coefficient (Wildman–Crippen LogP) is 4.76. The number of carboxylic acid groups (broad SMARTS) is 1. The van der Waals surface area contributed by atoms with Gasteiger partial charge in [-0.05, 0) is 42.0 Å². The van der Waals surface area contributed by atoms with E-state index in [2.05, 4.69) is 14.7 Å². The van der Waals surface area contributed by atoms with E-state index < -0.39 is 47.8 Å². The van der Waals surface area contributed by atoms with Crippen LogP contribution in [0.25, 0.3) is 0 Å². The Bertz CT molecular complexity index is 1150. The van der Waals surface area contributed by atoms with Gasteiger partial charge in [0.2, 0.25) is 0 Å². The molecule has 6 nitrogen and oxygen atoms in total. The van der Waals surface area contributed by atoms with Gasteiger partial charge in [0, 0.05) is 24.7 Å². The van der Waals surface area contributed by atoms with Crippen LogP contribution in [0.15, 0.2) is 54.9 Å². The zero-order chi connectivity index (χ0) is 23.5. The lowest BCUT2D eigenvalue weighted by Gasteiger charge is -2.18. The van der Waals surface area contributed by atoms with E-state index in [1.165, 1.54) is 18.3 Å². The average Bonchev–Trinajstić information content (AvgIpc) is 2.73. The van der Waals surface area contributed by atoms with Gasteiger partial charge in [-0.2, -0.15) is 0 Å². The van der Waals surface area contributed by atoms with E-state index in [0.717, 1.165) is 30.5 Å². The van der Waals surface area contributed by atoms with E-state index >= 15 is 0 Å². The van der Waals surface area contributed by atoms with Crippen molar-refractivity contribution in [2.24, 2.45) is 0 Å². The maximum Gasteiger partial charge on any atom is 0.573 e. The Balaban J connectivity index is 1.96. The summed E-state index contributed by atoms with van der Waals surface area (Å²) in [4.78, 5) is 31.3. The van der Waals surface area contributed by atoms with E-state index in [9.17, 15) is 31.5 Å². The number of nitrogens with zero attached hydrogens (tertiary/aromatic N) is 2. The van der Waals surface area contributed by atoms with Crippen LogP contribution >= 0.6 is 0 Å². The summed E-state index contributed by atoms with van der Waals surface area (Å²) in [5.74, 6) is -6.32. The number of carbonyl (C=O) groups excluding carboxylic acids is 1. The van der Waals surface area contributed by atoms with Crippen LogP contribution in [0.4, 0.5) is 22.0 Å². The lowest BCUT2D eigenvalue weighted by Crippen LogP contribution is -2.18. The third kappa shape index (κ3) is 5.42. The summed E-state index contributed by atoms with van der Waals surface area (Å²) in [6.07, 6.45) is -3.37. The number of alkyl halides is 3. The van der Waals surface area contributed by atoms with Crippen LogP contribution in [0.3, 0.4) is 0 Å². The van der Waals surface area contributed by atoms with Crippen molar-refractivity contribution in [2.75, 3.05) is 0 Å². The molecule has 0 bridgehead atoms. The highest BCUT2D eigenvalue weighted by Crippen LogP contribution is 2.33. The quantitative estimate of drug-likeness (QED) is 0.411. The second-order valence-electron chi connectivity index (χ2n) is 6.53. The SMILES string of the molecule is O=C(O)c1ccc(C(=O)C[C@@H](c2ccc(OC(F)(F)F)c(F)c2)c2ncccc2F)nc1. The first-order chi connectivity index (χ1) is 15.0. The smallest absolute Gasteiger partial charge is 0.478 e. The molecule has 0 fully saturated rings. The van der Waals surface area contributed by atoms with E-state index in [1.54, 1.807) is 0 Å². The topological polar surface area (TPSA) is 89.4 Å². The number of halogens is 5. The minimum absolute atomic E-state index is 0.0230. The number of aromatic nitrogens is 2. The first-order valence-electron chi connectivity index (χ1n) is 8.93. The molecule has 11 heteroatoms. The lowest BCUT2D eigenvalue weighted by atomic mass is 9.89. The molecular formula is C21H13F5N2O4. The number of Topliss-reactive ketones (excluding diaryl/α,β-unsaturated/α-hetero) is 1. The highest BCUT2D eigenvalue weighted by atomic mass is 19.4. The molecule has 3 aromatic rings. The van der Waals surface area contributed by atoms with E-state index in [-0.39, 0.29) is 22.5 Å². The van der Waals surface area contributed by atoms with Gasteiger partial charge in [0.05, 0.1) is 11.3 Å². The van der Waals surface area contributed by atoms with Crippen molar-refractivity contribution in [3.63, 3.8) is 0 Å². The Morgan fingerprint density at radius 3 is 2.34 bits per heavy atom. The second-order valence-corrected chi connectivity index (χ2v) is 6.53. The molecule has 1 aromatic carbocycles. The number of rotatable bonds is 7. The van der Waals surface area contributed by atoms with Crippen LogP contribution in [0.1, 0.15) is 44.4 Å². The molecular weight excluding hydrogens is 439 g/mol. The average molecular weight is 452 g/mol. The molecule has 0 aliphatic heterocycles. The number of hydrogen-bond acceptors (Lipinski definition) is 5. The number of carbonyl (C=O) groups is 2. The van der Waals surface area contributed by atoms with Crippen molar-refractivity contribution in [2.45, 2.75) is 18.7 Å². The summed E-state index contributed by atoms with van der Waals surface area (Å²) < 4.78 is 69.4. The maximum atomic E-state index is 14.4. The van der Waals surface area contributed by atoms with Gasteiger partial charge < -0.3 is 9.84 Å². The number of carboxylic acids is 1. The molecule has 0 amide bonds. The largest absolute Gasteiger partial charge is 0.573 e. The minimum Gasteiger partial charge on any atom is -0.478 e. The molecule has 3 rings (SSSR count). The van der Waals surface area contributed by atoms with Gasteiger partial charge in [0.25, 0.3) is 0 Å². The number of pyridine rings is 2. The lowest BCUT2D eigenvalue weighted by molar-refractivity contribution is -0.275. The summed E-state index contributed by atoms with van der Waals surface area (Å²) in [5, 5.41) is 8.92. The van der Waals surface area contributed by atoms with E-state index in [1.807, 2.05) is 0 Å². The fraction of sp³-hybridized carbons (Fsp3) is 0.143. The van der Waals surface area contributed by atoms with Gasteiger partial charge >= 0.3 is 12.3 Å². The summed E-state index contributed by atoms with van der Waals surface area (Å²) in [7, 11) is 0. The zero-order valence-corrected chi connectivity index (χ0v) is 15.9. The first-order valence-corrected chi connectivity index (χ1v) is 8.93. The maximum absolute atomic E-state index is 14.4. The van der Waals surface area contributed by atoms with Gasteiger partial charge in [-0.15, -0.1) is 13.2 Å². The van der Waals surface area contributed by atoms with Crippen LogP contribution in [0.2, 0.25) is 0 Å². The van der Waals surface area contributed by atoms with Crippen LogP contribution in [0.5, 0.6) is 5.75 Å². The molecule has 0 saturated carbocycles. The van der Waals surface area contributed by atoms with Crippen molar-refractivity contribution < 1.29 is 41.4 Å². The molecule has 1 atom stereocenters. The van der Waals surface area contributed by atoms with Gasteiger partial charge in [-0.1, -0.05) is 6.07 Å². The molecule has 2 aromatic heterocycles. The van der Waals surface area contributed by atoms with Crippen LogP contribution in [-0.4, -0.2) is 33.2 Å². The van der Waals surface area contributed by atoms with Crippen molar-refractivity contribution >= 4 is 11.8 Å². The third-order valence-corrected chi connectivity index (χ3v) is 4.39. The highest BCUT2D eigenvalue weighted by Gasteiger charge is 2.33. The Hall–Kier alpha value is -3.89. The molecule has 1 N–H and O–H groups in total. The molecule has 0 saturated heterocycles. The summed E-state index contributed by atoms with van der Waals surface area (Å²) in [5.41, 5.74) is -0.540. The molecule has 166 valence electrons. The molecule has 0 spiro atoms. The molecule has 32 heavy (non-hydrogen) atoms. The Morgan fingerprint density at radius 2 is 1.78 bits per heavy atom. The number of ketones is 1. The van der Waals surface area contributed by atoms with Gasteiger partial charge in [0.15, 0.2) is 17.3 Å². The summed E-state index contributed by atoms with van der Waals surface area (Å²) in [6, 6.07) is 7.17. The van der Waals surface area contributed by atoms with Crippen molar-refractivity contribution in [3.8, 4) is 5.75 Å². The van der Waals surface area contributed by atoms with Gasteiger partial charge in [-0.3, -0.25) is 14.8 Å². The van der Waals surface area contributed by atoms with E-state index in [4.69, 9.17) is 5.11 Å². The minimum atomic E-state index is -5.11. The monoisotopic (exact) mass is 452 g/mol. The van der Waals surface area contributed by atoms with Crippen molar-refractivity contribution in [1.29, 1.82) is 0 Å². The van der Waals surface area contributed by atoms with Gasteiger partial charge in [0.1, 0.15) is 11.5 Å². The number of ether oxygens (including phenoxy) is 1. The number of aromatic carboxylic acids is 1. The van der Waals surface area contributed by atoms with Crippen molar-refractivity contribution in [3.05, 3.63) is 89.0 Å². The highest BCUT2D eigenvalue weighted by molar-refractivity contribution is 5.96. The number of hydrogen-bond donors (Lipinski definition) is 1. The molecule has 0 unspecified atom stereocenters. The van der Waals surface area contributed by atoms with Crippen LogP contribution < -0.4 is 4.74 Å². The van der Waals surface area contributed by atoms with Crippen LogP contribution in [0, 0.1) is 11.6 Å². The second kappa shape index (κ2) is 9.08. The molecule has 2 heterocycles. The van der Waals surface area contributed by atoms with Crippen LogP contribution in [-0.2, 0) is 0 Å².